The highest BCUT2D eigenvalue weighted by atomic mass is 32.1. The Morgan fingerprint density at radius 2 is 1.93 bits per heavy atom. The molecule has 0 atom stereocenters. The van der Waals surface area contributed by atoms with Crippen molar-refractivity contribution in [2.45, 2.75) is 0 Å². The summed E-state index contributed by atoms with van der Waals surface area (Å²) in [6.07, 6.45) is 3.72. The Labute approximate surface area is 91.8 Å². The second-order valence-electron chi connectivity index (χ2n) is 3.39. The smallest absolute Gasteiger partial charge is 0.204 e. The quantitative estimate of drug-likeness (QED) is 0.420. The fourth-order valence-electron chi connectivity index (χ4n) is 1.81. The zero-order valence-electron chi connectivity index (χ0n) is 7.92. The minimum Gasteiger partial charge on any atom is -0.292 e. The van der Waals surface area contributed by atoms with E-state index in [0.717, 1.165) is 5.52 Å². The van der Waals surface area contributed by atoms with Gasteiger partial charge in [-0.15, -0.1) is 0 Å². The number of aromatic nitrogens is 2. The third-order valence-electron chi connectivity index (χ3n) is 2.52. The molecule has 1 aromatic carbocycles. The Bertz CT molecular complexity index is 700. The van der Waals surface area contributed by atoms with Crippen LogP contribution in [0.15, 0.2) is 48.8 Å². The van der Waals surface area contributed by atoms with Gasteiger partial charge in [0.25, 0.3) is 0 Å². The summed E-state index contributed by atoms with van der Waals surface area (Å²) in [6, 6.07) is 12.3. The van der Waals surface area contributed by atoms with Crippen molar-refractivity contribution in [1.82, 2.24) is 9.38 Å². The van der Waals surface area contributed by atoms with Crippen molar-refractivity contribution in [2.75, 3.05) is 0 Å². The van der Waals surface area contributed by atoms with E-state index >= 15 is 0 Å². The summed E-state index contributed by atoms with van der Waals surface area (Å²) in [5.74, 6) is 0. The van der Waals surface area contributed by atoms with E-state index in [-0.39, 0.29) is 0 Å². The predicted molar refractivity (Wildman–Crippen MR) is 63.5 cm³/mol. The van der Waals surface area contributed by atoms with E-state index in [9.17, 15) is 0 Å². The highest BCUT2D eigenvalue weighted by Gasteiger charge is 1.98. The molecule has 2 heterocycles. The van der Waals surface area contributed by atoms with Gasteiger partial charge in [-0.05, 0) is 29.7 Å². The molecule has 0 fully saturated rings. The van der Waals surface area contributed by atoms with Crippen LogP contribution in [0.3, 0.4) is 0 Å². The van der Waals surface area contributed by atoms with Gasteiger partial charge < -0.3 is 0 Å². The summed E-state index contributed by atoms with van der Waals surface area (Å²) in [6.45, 7) is 0. The fraction of sp³-hybridized carbons (Fsp3) is 0. The van der Waals surface area contributed by atoms with Gasteiger partial charge >= 0.3 is 0 Å². The second-order valence-corrected chi connectivity index (χ2v) is 3.75. The molecule has 0 saturated carbocycles. The summed E-state index contributed by atoms with van der Waals surface area (Å²) >= 11 is 5.17. The van der Waals surface area contributed by atoms with Crippen LogP contribution in [0.25, 0.3) is 16.3 Å². The zero-order chi connectivity index (χ0) is 10.3. The third-order valence-corrected chi connectivity index (χ3v) is 2.83. The highest BCUT2D eigenvalue weighted by molar-refractivity contribution is 7.71. The molecule has 0 N–H and O–H groups in total. The molecule has 0 radical (unpaired) electrons. The molecule has 3 rings (SSSR count). The molecule has 3 aromatic rings. The summed E-state index contributed by atoms with van der Waals surface area (Å²) < 4.78 is 2.52. The zero-order valence-corrected chi connectivity index (χ0v) is 8.74. The highest BCUT2D eigenvalue weighted by Crippen LogP contribution is 2.18. The molecule has 0 aliphatic heterocycles. The Morgan fingerprint density at radius 1 is 1.07 bits per heavy atom. The van der Waals surface area contributed by atoms with Crippen LogP contribution in [0.1, 0.15) is 0 Å². The van der Waals surface area contributed by atoms with Crippen molar-refractivity contribution in [2.24, 2.45) is 0 Å². The number of benzene rings is 1. The molecule has 72 valence electrons. The topological polar surface area (TPSA) is 17.3 Å². The lowest BCUT2D eigenvalue weighted by Crippen LogP contribution is -1.92. The average molecular weight is 212 g/mol. The molecule has 0 aliphatic carbocycles. The minimum absolute atomic E-state index is 0.596. The van der Waals surface area contributed by atoms with E-state index in [4.69, 9.17) is 12.2 Å². The third kappa shape index (κ3) is 1.24. The Balaban J connectivity index is 2.67. The maximum Gasteiger partial charge on any atom is 0.204 e. The molecule has 3 heteroatoms. The lowest BCUT2D eigenvalue weighted by atomic mass is 10.1. The van der Waals surface area contributed by atoms with Gasteiger partial charge in [-0.1, -0.05) is 24.3 Å². The Hall–Kier alpha value is -1.74. The number of rotatable bonds is 0. The van der Waals surface area contributed by atoms with Crippen LogP contribution < -0.4 is 0 Å². The van der Waals surface area contributed by atoms with Gasteiger partial charge in [0.05, 0.1) is 5.52 Å². The van der Waals surface area contributed by atoms with E-state index in [2.05, 4.69) is 23.2 Å². The van der Waals surface area contributed by atoms with Crippen LogP contribution in [0.2, 0.25) is 0 Å². The molecule has 2 nitrogen and oxygen atoms in total. The number of hydrogen-bond donors (Lipinski definition) is 0. The largest absolute Gasteiger partial charge is 0.292 e. The molecule has 0 aliphatic rings. The number of nitrogens with zero attached hydrogens (tertiary/aromatic N) is 2. The summed E-state index contributed by atoms with van der Waals surface area (Å²) in [5.41, 5.74) is 1.10. The fourth-order valence-corrected chi connectivity index (χ4v) is 2.03. The van der Waals surface area contributed by atoms with Gasteiger partial charge in [0.2, 0.25) is 4.77 Å². The van der Waals surface area contributed by atoms with Gasteiger partial charge in [-0.3, -0.25) is 4.40 Å². The van der Waals surface area contributed by atoms with E-state index in [0.29, 0.717) is 4.77 Å². The van der Waals surface area contributed by atoms with E-state index in [1.54, 1.807) is 6.20 Å². The molecule has 0 spiro atoms. The van der Waals surface area contributed by atoms with Gasteiger partial charge in [0.1, 0.15) is 0 Å². The first kappa shape index (κ1) is 8.56. The van der Waals surface area contributed by atoms with Crippen LogP contribution in [0.4, 0.5) is 0 Å². The average Bonchev–Trinajstić information content (AvgIpc) is 2.29. The van der Waals surface area contributed by atoms with Crippen molar-refractivity contribution in [1.29, 1.82) is 0 Å². The van der Waals surface area contributed by atoms with Crippen LogP contribution in [-0.2, 0) is 0 Å². The van der Waals surface area contributed by atoms with E-state index in [1.807, 2.05) is 28.8 Å². The first-order valence-electron chi connectivity index (χ1n) is 4.71. The monoisotopic (exact) mass is 212 g/mol. The van der Waals surface area contributed by atoms with Gasteiger partial charge in [0, 0.05) is 17.8 Å². The van der Waals surface area contributed by atoms with Gasteiger partial charge in [0.15, 0.2) is 0 Å². The number of hydrogen-bond acceptors (Lipinski definition) is 2. The molecule has 15 heavy (non-hydrogen) atoms. The van der Waals surface area contributed by atoms with Crippen molar-refractivity contribution in [3.63, 3.8) is 0 Å². The number of fused-ring (bicyclic) bond motifs is 3. The predicted octanol–water partition coefficient (Wildman–Crippen LogP) is 3.22. The molecule has 2 aromatic heterocycles. The molecule has 0 amide bonds. The van der Waals surface area contributed by atoms with Crippen LogP contribution in [-0.4, -0.2) is 9.38 Å². The van der Waals surface area contributed by atoms with Crippen molar-refractivity contribution in [3.05, 3.63) is 53.6 Å². The van der Waals surface area contributed by atoms with Crippen LogP contribution in [0, 0.1) is 4.77 Å². The first-order chi connectivity index (χ1) is 7.36. The van der Waals surface area contributed by atoms with E-state index in [1.165, 1.54) is 10.8 Å². The van der Waals surface area contributed by atoms with E-state index < -0.39 is 0 Å². The van der Waals surface area contributed by atoms with Crippen molar-refractivity contribution < 1.29 is 0 Å². The standard InChI is InChI=1S/C12H8N2S/c15-12-13-7-5-11-10-4-2-1-3-9(10)6-8-14(11)12/h1-8H. The summed E-state index contributed by atoms with van der Waals surface area (Å²) in [4.78, 5) is 4.09. The molecular formula is C12H8N2S. The summed E-state index contributed by atoms with van der Waals surface area (Å²) in [7, 11) is 0. The second kappa shape index (κ2) is 3.14. The normalized spacial score (nSPS) is 10.9. The maximum absolute atomic E-state index is 5.17. The van der Waals surface area contributed by atoms with Crippen LogP contribution in [0.5, 0.6) is 0 Å². The number of pyridine rings is 1. The van der Waals surface area contributed by atoms with Crippen LogP contribution >= 0.6 is 12.2 Å². The lowest BCUT2D eigenvalue weighted by Gasteiger charge is -2.04. The molecule has 0 unspecified atom stereocenters. The lowest BCUT2D eigenvalue weighted by molar-refractivity contribution is 1.05. The maximum atomic E-state index is 5.17. The molecule has 0 saturated heterocycles. The van der Waals surface area contributed by atoms with Gasteiger partial charge in [-0.25, -0.2) is 4.98 Å². The van der Waals surface area contributed by atoms with Crippen molar-refractivity contribution >= 4 is 28.5 Å². The first-order valence-corrected chi connectivity index (χ1v) is 5.12. The molecule has 0 bridgehead atoms. The Kier molecular flexibility index (Phi) is 1.79. The van der Waals surface area contributed by atoms with Gasteiger partial charge in [-0.2, -0.15) is 0 Å². The molecular weight excluding hydrogens is 204 g/mol. The SMILES string of the molecule is S=c1nccc2c3ccccc3ccn12. The van der Waals surface area contributed by atoms with Crippen molar-refractivity contribution in [3.8, 4) is 0 Å². The minimum atomic E-state index is 0.596. The summed E-state index contributed by atoms with van der Waals surface area (Å²) in [5, 5.41) is 2.42. The Morgan fingerprint density at radius 3 is 2.87 bits per heavy atom.